The van der Waals surface area contributed by atoms with E-state index >= 15 is 0 Å². The largest absolute Gasteiger partial charge is 0.454 e. The van der Waals surface area contributed by atoms with Crippen LogP contribution < -0.4 is 15.0 Å². The van der Waals surface area contributed by atoms with Gasteiger partial charge in [0.1, 0.15) is 0 Å². The van der Waals surface area contributed by atoms with Crippen molar-refractivity contribution in [2.75, 3.05) is 33.0 Å². The van der Waals surface area contributed by atoms with E-state index in [0.29, 0.717) is 55.3 Å². The van der Waals surface area contributed by atoms with Gasteiger partial charge in [-0.25, -0.2) is 4.68 Å². The lowest BCUT2D eigenvalue weighted by Crippen LogP contribution is -2.49. The van der Waals surface area contributed by atoms with Gasteiger partial charge in [-0.2, -0.15) is 5.10 Å². The van der Waals surface area contributed by atoms with Gasteiger partial charge in [-0.15, -0.1) is 0 Å². The Bertz CT molecular complexity index is 1130. The first-order valence-corrected chi connectivity index (χ1v) is 9.55. The van der Waals surface area contributed by atoms with Crippen molar-refractivity contribution in [1.29, 1.82) is 0 Å². The van der Waals surface area contributed by atoms with Crippen LogP contribution >= 0.6 is 0 Å². The topological polar surface area (TPSA) is 76.9 Å². The van der Waals surface area contributed by atoms with Crippen LogP contribution in [0.25, 0.3) is 10.8 Å². The Morgan fingerprint density at radius 1 is 1.00 bits per heavy atom. The van der Waals surface area contributed by atoms with Gasteiger partial charge in [-0.3, -0.25) is 14.5 Å². The maximum absolute atomic E-state index is 12.8. The second-order valence-electron chi connectivity index (χ2n) is 7.16. The molecule has 148 valence electrons. The molecule has 2 aliphatic heterocycles. The minimum atomic E-state index is -0.0954. The van der Waals surface area contributed by atoms with Crippen molar-refractivity contribution in [3.8, 4) is 11.5 Å². The van der Waals surface area contributed by atoms with Crippen molar-refractivity contribution < 1.29 is 14.3 Å². The van der Waals surface area contributed by atoms with E-state index < -0.39 is 0 Å². The smallest absolute Gasteiger partial charge is 0.275 e. The third-order valence-corrected chi connectivity index (χ3v) is 5.37. The molecule has 0 unspecified atom stereocenters. The molecule has 3 aromatic rings. The van der Waals surface area contributed by atoms with Gasteiger partial charge in [0.05, 0.1) is 18.3 Å². The van der Waals surface area contributed by atoms with Gasteiger partial charge in [0.2, 0.25) is 6.79 Å². The summed E-state index contributed by atoms with van der Waals surface area (Å²) in [6.07, 6.45) is 1.72. The van der Waals surface area contributed by atoms with Crippen LogP contribution in [0.4, 0.5) is 0 Å². The minimum Gasteiger partial charge on any atom is -0.454 e. The molecule has 0 aliphatic carbocycles. The maximum atomic E-state index is 12.8. The molecule has 1 amide bonds. The summed E-state index contributed by atoms with van der Waals surface area (Å²) < 4.78 is 12.1. The number of amides is 1. The fourth-order valence-corrected chi connectivity index (χ4v) is 3.72. The number of hydrogen-bond acceptors (Lipinski definition) is 6. The summed E-state index contributed by atoms with van der Waals surface area (Å²) in [7, 11) is 0. The number of hydrogen-bond donors (Lipinski definition) is 0. The molecule has 8 heteroatoms. The molecule has 1 saturated heterocycles. The zero-order valence-corrected chi connectivity index (χ0v) is 15.8. The third kappa shape index (κ3) is 3.31. The highest BCUT2D eigenvalue weighted by Crippen LogP contribution is 2.32. The number of benzene rings is 2. The van der Waals surface area contributed by atoms with E-state index in [4.69, 9.17) is 9.47 Å². The summed E-state index contributed by atoms with van der Waals surface area (Å²) in [5.41, 5.74) is 0.497. The molecule has 0 N–H and O–H groups in total. The highest BCUT2D eigenvalue weighted by Gasteiger charge is 2.24. The molecular formula is C21H20N4O4. The summed E-state index contributed by atoms with van der Waals surface area (Å²) in [4.78, 5) is 29.4. The molecule has 1 fully saturated rings. The predicted molar refractivity (Wildman–Crippen MR) is 106 cm³/mol. The first kappa shape index (κ1) is 17.7. The third-order valence-electron chi connectivity index (χ3n) is 5.37. The summed E-state index contributed by atoms with van der Waals surface area (Å²) in [5.74, 6) is 1.25. The average Bonchev–Trinajstić information content (AvgIpc) is 3.24. The van der Waals surface area contributed by atoms with Crippen LogP contribution in [0, 0.1) is 0 Å². The number of carbonyl (C=O) groups excluding carboxylic acids is 1. The van der Waals surface area contributed by atoms with Gasteiger partial charge in [0.25, 0.3) is 11.5 Å². The van der Waals surface area contributed by atoms with E-state index in [1.807, 2.05) is 29.2 Å². The van der Waals surface area contributed by atoms with E-state index in [2.05, 4.69) is 10.00 Å². The quantitative estimate of drug-likeness (QED) is 0.673. The Morgan fingerprint density at radius 3 is 2.66 bits per heavy atom. The van der Waals surface area contributed by atoms with E-state index in [0.717, 1.165) is 5.39 Å². The van der Waals surface area contributed by atoms with Crippen molar-refractivity contribution in [1.82, 2.24) is 19.6 Å². The van der Waals surface area contributed by atoms with E-state index in [9.17, 15) is 9.59 Å². The fourth-order valence-electron chi connectivity index (χ4n) is 3.72. The summed E-state index contributed by atoms with van der Waals surface area (Å²) in [5, 5.41) is 5.80. The predicted octanol–water partition coefficient (Wildman–Crippen LogP) is 1.54. The van der Waals surface area contributed by atoms with Crippen LogP contribution in [-0.4, -0.2) is 58.5 Å². The monoisotopic (exact) mass is 392 g/mol. The number of carbonyl (C=O) groups is 1. The molecule has 2 aliphatic rings. The zero-order chi connectivity index (χ0) is 19.8. The van der Waals surface area contributed by atoms with Gasteiger partial charge in [0, 0.05) is 37.1 Å². The van der Waals surface area contributed by atoms with Crippen LogP contribution in [0.1, 0.15) is 10.4 Å². The van der Waals surface area contributed by atoms with E-state index in [1.54, 1.807) is 24.4 Å². The molecule has 1 aromatic heterocycles. The average molecular weight is 392 g/mol. The fraction of sp³-hybridized carbons (Fsp3) is 0.286. The molecule has 0 atom stereocenters. The Kier molecular flexibility index (Phi) is 4.40. The van der Waals surface area contributed by atoms with Crippen molar-refractivity contribution in [2.24, 2.45) is 0 Å². The van der Waals surface area contributed by atoms with Gasteiger partial charge in [0.15, 0.2) is 11.5 Å². The van der Waals surface area contributed by atoms with E-state index in [-0.39, 0.29) is 18.3 Å². The van der Waals surface area contributed by atoms with Crippen LogP contribution in [0.3, 0.4) is 0 Å². The minimum absolute atomic E-state index is 0.0241. The first-order chi connectivity index (χ1) is 14.2. The molecule has 29 heavy (non-hydrogen) atoms. The maximum Gasteiger partial charge on any atom is 0.275 e. The number of ether oxygens (including phenoxy) is 2. The lowest BCUT2D eigenvalue weighted by molar-refractivity contribution is 0.0583. The summed E-state index contributed by atoms with van der Waals surface area (Å²) in [6.45, 7) is 3.14. The second kappa shape index (κ2) is 7.21. The molecule has 3 heterocycles. The van der Waals surface area contributed by atoms with Crippen molar-refractivity contribution >= 4 is 16.7 Å². The highest BCUT2D eigenvalue weighted by atomic mass is 16.7. The standard InChI is InChI=1S/C21H20N4O4/c26-20(15-5-6-18-19(11-15)29-14-28-18)24-9-7-23(8-10-24)13-25-21(27)17-4-2-1-3-16(17)12-22-25/h1-6,11-12H,7-10,13-14H2. The molecule has 8 nitrogen and oxygen atoms in total. The summed E-state index contributed by atoms with van der Waals surface area (Å²) >= 11 is 0. The molecule has 0 radical (unpaired) electrons. The molecular weight excluding hydrogens is 372 g/mol. The number of fused-ring (bicyclic) bond motifs is 2. The van der Waals surface area contributed by atoms with E-state index in [1.165, 1.54) is 4.68 Å². The Balaban J connectivity index is 1.24. The second-order valence-corrected chi connectivity index (χ2v) is 7.16. The normalized spacial score (nSPS) is 16.3. The van der Waals surface area contributed by atoms with Crippen LogP contribution in [0.15, 0.2) is 53.5 Å². The first-order valence-electron chi connectivity index (χ1n) is 9.55. The van der Waals surface area contributed by atoms with Crippen LogP contribution in [-0.2, 0) is 6.67 Å². The highest BCUT2D eigenvalue weighted by molar-refractivity contribution is 5.95. The van der Waals surface area contributed by atoms with Gasteiger partial charge < -0.3 is 14.4 Å². The number of aromatic nitrogens is 2. The van der Waals surface area contributed by atoms with Crippen molar-refractivity contribution in [3.05, 3.63) is 64.6 Å². The van der Waals surface area contributed by atoms with Crippen LogP contribution in [0.2, 0.25) is 0 Å². The molecule has 5 rings (SSSR count). The van der Waals surface area contributed by atoms with Gasteiger partial charge in [-0.1, -0.05) is 18.2 Å². The lowest BCUT2D eigenvalue weighted by Gasteiger charge is -2.34. The summed E-state index contributed by atoms with van der Waals surface area (Å²) in [6, 6.07) is 12.7. The van der Waals surface area contributed by atoms with Crippen molar-refractivity contribution in [2.45, 2.75) is 6.67 Å². The molecule has 2 aromatic carbocycles. The van der Waals surface area contributed by atoms with Crippen molar-refractivity contribution in [3.63, 3.8) is 0 Å². The SMILES string of the molecule is O=C(c1ccc2c(c1)OCO2)N1CCN(Cn2ncc3ccccc3c2=O)CC1. The number of piperazine rings is 1. The molecule has 0 saturated carbocycles. The number of rotatable bonds is 3. The molecule has 0 spiro atoms. The van der Waals surface area contributed by atoms with Gasteiger partial charge >= 0.3 is 0 Å². The van der Waals surface area contributed by atoms with Crippen LogP contribution in [0.5, 0.6) is 11.5 Å². The Labute approximate surface area is 166 Å². The number of nitrogens with zero attached hydrogens (tertiary/aromatic N) is 4. The molecule has 0 bridgehead atoms. The lowest BCUT2D eigenvalue weighted by atomic mass is 10.1. The zero-order valence-electron chi connectivity index (χ0n) is 15.8. The van der Waals surface area contributed by atoms with Gasteiger partial charge in [-0.05, 0) is 24.3 Å². The Morgan fingerprint density at radius 2 is 1.79 bits per heavy atom. The Hall–Kier alpha value is -3.39.